The van der Waals surface area contributed by atoms with Crippen LogP contribution in [0.5, 0.6) is 0 Å². The normalized spacial score (nSPS) is 13.7. The third kappa shape index (κ3) is 7.19. The lowest BCUT2D eigenvalue weighted by Gasteiger charge is -2.44. The molecule has 2 nitrogen and oxygen atoms in total. The summed E-state index contributed by atoms with van der Waals surface area (Å²) in [6.45, 7) is 30.8. The Balaban J connectivity index is 1.19. The lowest BCUT2D eigenvalue weighted by atomic mass is 9.33. The molecule has 0 bridgehead atoms. The molecule has 2 aliphatic heterocycles. The third-order valence-electron chi connectivity index (χ3n) is 16.0. The standard InChI is InChI=1S/C66H61BN2S4/c1-36-22-26-45(55-30-40-18-14-16-20-51(40)70-55)38(3)60(36)68-49-34-44(66(11,12)13)35-50-59(49)67(57-47-32-42(64(5,6)7)24-28-53(47)72-62(57)68)58-48-33-43(65(8,9)10)25-29-54(48)73-63(58)69(50)61-37(2)23-27-46(39(61)4)56-31-41-19-15-17-21-52(41)71-56/h14-35H,1-13H3. The van der Waals surface area contributed by atoms with Crippen molar-refractivity contribution in [3.63, 3.8) is 0 Å². The van der Waals surface area contributed by atoms with Crippen molar-refractivity contribution in [1.82, 2.24) is 0 Å². The molecule has 0 N–H and O–H groups in total. The lowest BCUT2D eigenvalue weighted by Crippen LogP contribution is -2.61. The van der Waals surface area contributed by atoms with Crippen LogP contribution in [-0.4, -0.2) is 6.71 Å². The number of hydrogen-bond acceptors (Lipinski definition) is 6. The van der Waals surface area contributed by atoms with Crippen molar-refractivity contribution in [3.05, 3.63) is 172 Å². The molecule has 0 amide bonds. The van der Waals surface area contributed by atoms with Gasteiger partial charge in [0.05, 0.1) is 21.4 Å². The Morgan fingerprint density at radius 3 is 1.19 bits per heavy atom. The molecule has 362 valence electrons. The van der Waals surface area contributed by atoms with Gasteiger partial charge in [-0.2, -0.15) is 0 Å². The zero-order chi connectivity index (χ0) is 50.8. The van der Waals surface area contributed by atoms with E-state index in [2.05, 4.69) is 233 Å². The fourth-order valence-electron chi connectivity index (χ4n) is 12.0. The highest BCUT2D eigenvalue weighted by molar-refractivity contribution is 7.29. The van der Waals surface area contributed by atoms with Crippen molar-refractivity contribution in [3.8, 4) is 20.9 Å². The van der Waals surface area contributed by atoms with Gasteiger partial charge in [0.15, 0.2) is 0 Å². The largest absolute Gasteiger partial charge is 0.302 e. The molecule has 6 heterocycles. The van der Waals surface area contributed by atoms with Crippen molar-refractivity contribution < 1.29 is 0 Å². The molecule has 2 aliphatic rings. The summed E-state index contributed by atoms with van der Waals surface area (Å²) in [6, 6.07) is 52.0. The van der Waals surface area contributed by atoms with Crippen LogP contribution >= 0.6 is 45.3 Å². The Kier molecular flexibility index (Phi) is 10.4. The van der Waals surface area contributed by atoms with E-state index in [4.69, 9.17) is 0 Å². The summed E-state index contributed by atoms with van der Waals surface area (Å²) in [4.78, 5) is 8.11. The maximum Gasteiger partial charge on any atom is 0.256 e. The van der Waals surface area contributed by atoms with Gasteiger partial charge in [-0.05, 0) is 180 Å². The monoisotopic (exact) mass is 1020 g/mol. The van der Waals surface area contributed by atoms with Crippen molar-refractivity contribution >= 4 is 142 Å². The molecule has 13 rings (SSSR count). The fourth-order valence-corrected chi connectivity index (χ4v) is 16.7. The zero-order valence-corrected chi connectivity index (χ0v) is 47.6. The minimum atomic E-state index is -0.144. The topological polar surface area (TPSA) is 6.48 Å². The average molecular weight is 1020 g/mol. The average Bonchev–Trinajstić information content (AvgIpc) is 4.14. The summed E-state index contributed by atoms with van der Waals surface area (Å²) in [7, 11) is 0. The Labute approximate surface area is 447 Å². The molecule has 0 spiro atoms. The van der Waals surface area contributed by atoms with Crippen molar-refractivity contribution in [1.29, 1.82) is 0 Å². The quantitative estimate of drug-likeness (QED) is 0.162. The lowest BCUT2D eigenvalue weighted by molar-refractivity contribution is 0.590. The van der Waals surface area contributed by atoms with Crippen LogP contribution in [0.2, 0.25) is 0 Å². The minimum Gasteiger partial charge on any atom is -0.302 e. The van der Waals surface area contributed by atoms with Crippen LogP contribution in [0.4, 0.5) is 32.8 Å². The molecule has 73 heavy (non-hydrogen) atoms. The van der Waals surface area contributed by atoms with Crippen LogP contribution in [0.1, 0.15) is 101 Å². The minimum absolute atomic E-state index is 0.0118. The van der Waals surface area contributed by atoms with Crippen LogP contribution in [0.15, 0.2) is 133 Å². The number of thiophene rings is 4. The van der Waals surface area contributed by atoms with E-state index in [1.165, 1.54) is 149 Å². The molecule has 0 saturated heterocycles. The van der Waals surface area contributed by atoms with Gasteiger partial charge in [-0.25, -0.2) is 0 Å². The summed E-state index contributed by atoms with van der Waals surface area (Å²) in [5.74, 6) is 0. The molecule has 4 aromatic heterocycles. The van der Waals surface area contributed by atoms with Gasteiger partial charge in [0.1, 0.15) is 0 Å². The van der Waals surface area contributed by atoms with E-state index in [1.807, 2.05) is 45.3 Å². The second kappa shape index (κ2) is 16.3. The van der Waals surface area contributed by atoms with Crippen molar-refractivity contribution in [2.24, 2.45) is 0 Å². The van der Waals surface area contributed by atoms with Gasteiger partial charge >= 0.3 is 0 Å². The molecule has 0 atom stereocenters. The van der Waals surface area contributed by atoms with E-state index >= 15 is 0 Å². The zero-order valence-electron chi connectivity index (χ0n) is 44.3. The van der Waals surface area contributed by atoms with Gasteiger partial charge in [0.2, 0.25) is 0 Å². The van der Waals surface area contributed by atoms with E-state index in [-0.39, 0.29) is 23.0 Å². The van der Waals surface area contributed by atoms with Crippen LogP contribution < -0.4 is 26.2 Å². The number of hydrogen-bond donors (Lipinski definition) is 0. The molecular weight excluding hydrogens is 960 g/mol. The summed E-state index contributed by atoms with van der Waals surface area (Å²) < 4.78 is 5.32. The van der Waals surface area contributed by atoms with Crippen molar-refractivity contribution in [2.45, 2.75) is 106 Å². The first-order valence-electron chi connectivity index (χ1n) is 25.9. The highest BCUT2D eigenvalue weighted by Crippen LogP contribution is 2.55. The molecule has 7 aromatic carbocycles. The predicted molar refractivity (Wildman–Crippen MR) is 328 cm³/mol. The smallest absolute Gasteiger partial charge is 0.256 e. The number of rotatable bonds is 4. The second-order valence-corrected chi connectivity index (χ2v) is 28.2. The molecular formula is C66H61BN2S4. The molecule has 0 saturated carbocycles. The van der Waals surface area contributed by atoms with Gasteiger partial charge in [-0.3, -0.25) is 0 Å². The number of nitrogens with zero attached hydrogens (tertiary/aromatic N) is 2. The summed E-state index contributed by atoms with van der Waals surface area (Å²) in [5.41, 5.74) is 21.1. The van der Waals surface area contributed by atoms with Gasteiger partial charge < -0.3 is 9.80 Å². The van der Waals surface area contributed by atoms with Gasteiger partial charge in [0.25, 0.3) is 6.71 Å². The number of anilines is 6. The van der Waals surface area contributed by atoms with Gasteiger partial charge in [-0.1, -0.05) is 147 Å². The Bertz CT molecular complexity index is 3800. The number of aryl methyl sites for hydroxylation is 2. The van der Waals surface area contributed by atoms with E-state index < -0.39 is 0 Å². The van der Waals surface area contributed by atoms with Crippen LogP contribution in [0, 0.1) is 27.7 Å². The maximum atomic E-state index is 2.74. The van der Waals surface area contributed by atoms with Crippen LogP contribution in [0.3, 0.4) is 0 Å². The van der Waals surface area contributed by atoms with E-state index in [0.717, 1.165) is 0 Å². The van der Waals surface area contributed by atoms with Crippen molar-refractivity contribution in [2.75, 3.05) is 9.80 Å². The predicted octanol–water partition coefficient (Wildman–Crippen LogP) is 19.1. The van der Waals surface area contributed by atoms with Gasteiger partial charge in [0, 0.05) is 39.9 Å². The third-order valence-corrected chi connectivity index (χ3v) is 20.6. The molecule has 0 radical (unpaired) electrons. The summed E-state index contributed by atoms with van der Waals surface area (Å²) in [6.07, 6.45) is 0. The first kappa shape index (κ1) is 46.8. The maximum absolute atomic E-state index is 2.74. The first-order valence-corrected chi connectivity index (χ1v) is 29.1. The van der Waals surface area contributed by atoms with Crippen LogP contribution in [0.25, 0.3) is 61.2 Å². The highest BCUT2D eigenvalue weighted by Gasteiger charge is 2.48. The number of benzene rings is 7. The summed E-state index contributed by atoms with van der Waals surface area (Å²) >= 11 is 7.77. The number of fused-ring (bicyclic) bond motifs is 10. The Morgan fingerprint density at radius 1 is 0.384 bits per heavy atom. The summed E-state index contributed by atoms with van der Waals surface area (Å²) in [5, 5.41) is 8.02. The first-order chi connectivity index (χ1) is 34.7. The van der Waals surface area contributed by atoms with Crippen LogP contribution in [-0.2, 0) is 16.2 Å². The molecule has 11 aromatic rings. The van der Waals surface area contributed by atoms with Gasteiger partial charge in [-0.15, -0.1) is 45.3 Å². The molecule has 0 fully saturated rings. The molecule has 0 aliphatic carbocycles. The SMILES string of the molecule is Cc1ccc(-c2cc3ccccc3s2)c(C)c1N1c2cc(C(C)(C)C)cc3c2B(c2c1sc1ccc(C(C)(C)C)cc21)c1c(sc2ccc(C(C)(C)C)cc12)N3c1c(C)ccc(-c2cc3ccccc3s2)c1C. The Hall–Kier alpha value is -5.96. The van der Waals surface area contributed by atoms with E-state index in [1.54, 1.807) is 0 Å². The fraction of sp³-hybridized carbons (Fsp3) is 0.242. The molecule has 7 heteroatoms. The Morgan fingerprint density at radius 2 is 0.795 bits per heavy atom. The van der Waals surface area contributed by atoms with E-state index in [9.17, 15) is 0 Å². The van der Waals surface area contributed by atoms with E-state index in [0.29, 0.717) is 0 Å². The second-order valence-electron chi connectivity index (χ2n) is 23.9. The highest BCUT2D eigenvalue weighted by atomic mass is 32.1. The molecule has 0 unspecified atom stereocenters.